The van der Waals surface area contributed by atoms with E-state index in [1.165, 1.54) is 77.0 Å². The van der Waals surface area contributed by atoms with Crippen molar-refractivity contribution in [2.45, 2.75) is 116 Å². The van der Waals surface area contributed by atoms with E-state index < -0.39 is 0 Å². The Morgan fingerprint density at radius 3 is 1.97 bits per heavy atom. The lowest BCUT2D eigenvalue weighted by Gasteiger charge is -2.28. The molecule has 0 aromatic heterocycles. The van der Waals surface area contributed by atoms with Crippen LogP contribution >= 0.6 is 0 Å². The summed E-state index contributed by atoms with van der Waals surface area (Å²) in [6.45, 7) is 5.31. The Bertz CT molecular complexity index is 637. The standard InChI is InChI=1S/C29H46O3/c1-3-5-6-8-24-10-12-25(13-11-24)9-7-22-31-27-20-16-26(17-21-27)29(30)32-28-18-14-23(4-2)15-19-28/h16-17,20-21,23-25,28H,3-15,18-19,22H2,1-2H3/t23-,24-,25-,28-. The predicted molar refractivity (Wildman–Crippen MR) is 132 cm³/mol. The zero-order valence-electron chi connectivity index (χ0n) is 20.7. The number of hydrogen-bond donors (Lipinski definition) is 0. The lowest BCUT2D eigenvalue weighted by Crippen LogP contribution is -2.24. The molecule has 3 nitrogen and oxygen atoms in total. The molecule has 1 aromatic rings. The molecule has 0 N–H and O–H groups in total. The van der Waals surface area contributed by atoms with Crippen LogP contribution in [-0.2, 0) is 4.74 Å². The molecule has 2 fully saturated rings. The van der Waals surface area contributed by atoms with Gasteiger partial charge in [-0.15, -0.1) is 0 Å². The van der Waals surface area contributed by atoms with E-state index in [0.29, 0.717) is 5.56 Å². The SMILES string of the molecule is CCCCC[C@H]1CC[C@H](CCCOc2ccc(C(=O)O[C@H]3CC[C@H](CC)CC3)cc2)CC1. The van der Waals surface area contributed by atoms with Crippen molar-refractivity contribution in [1.29, 1.82) is 0 Å². The molecule has 0 heterocycles. The van der Waals surface area contributed by atoms with Crippen molar-refractivity contribution < 1.29 is 14.3 Å². The van der Waals surface area contributed by atoms with Crippen LogP contribution in [0.4, 0.5) is 0 Å². The second kappa shape index (κ2) is 13.9. The number of hydrogen-bond acceptors (Lipinski definition) is 3. The highest BCUT2D eigenvalue weighted by Gasteiger charge is 2.23. The third-order valence-electron chi connectivity index (χ3n) is 7.94. The van der Waals surface area contributed by atoms with Crippen molar-refractivity contribution in [3.63, 3.8) is 0 Å². The molecule has 3 heteroatoms. The van der Waals surface area contributed by atoms with Gasteiger partial charge in [-0.3, -0.25) is 0 Å². The maximum atomic E-state index is 12.4. The zero-order valence-corrected chi connectivity index (χ0v) is 20.7. The van der Waals surface area contributed by atoms with Gasteiger partial charge >= 0.3 is 5.97 Å². The third kappa shape index (κ3) is 8.45. The monoisotopic (exact) mass is 442 g/mol. The normalized spacial score (nSPS) is 25.9. The number of rotatable bonds is 12. The Morgan fingerprint density at radius 2 is 1.38 bits per heavy atom. The molecule has 2 saturated carbocycles. The molecule has 0 unspecified atom stereocenters. The molecule has 1 aromatic carbocycles. The molecule has 0 spiro atoms. The van der Waals surface area contributed by atoms with Crippen LogP contribution in [0.3, 0.4) is 0 Å². The Kier molecular flexibility index (Phi) is 10.9. The van der Waals surface area contributed by atoms with Crippen LogP contribution in [0.2, 0.25) is 0 Å². The smallest absolute Gasteiger partial charge is 0.338 e. The quantitative estimate of drug-likeness (QED) is 0.241. The van der Waals surface area contributed by atoms with Crippen molar-refractivity contribution in [3.8, 4) is 5.75 Å². The summed E-state index contributed by atoms with van der Waals surface area (Å²) < 4.78 is 11.7. The van der Waals surface area contributed by atoms with Crippen molar-refractivity contribution in [1.82, 2.24) is 0 Å². The summed E-state index contributed by atoms with van der Waals surface area (Å²) in [5.41, 5.74) is 0.630. The van der Waals surface area contributed by atoms with Crippen LogP contribution in [0.1, 0.15) is 121 Å². The Balaban J connectivity index is 1.28. The fourth-order valence-corrected chi connectivity index (χ4v) is 5.62. The van der Waals surface area contributed by atoms with Gasteiger partial charge in [0, 0.05) is 0 Å². The van der Waals surface area contributed by atoms with Gasteiger partial charge in [-0.2, -0.15) is 0 Å². The average Bonchev–Trinajstić information content (AvgIpc) is 2.84. The predicted octanol–water partition coefficient (Wildman–Crippen LogP) is 8.36. The second-order valence-electron chi connectivity index (χ2n) is 10.4. The number of carbonyl (C=O) groups excluding carboxylic acids is 1. The van der Waals surface area contributed by atoms with E-state index in [1.54, 1.807) is 0 Å². The first-order valence-electron chi connectivity index (χ1n) is 13.6. The highest BCUT2D eigenvalue weighted by atomic mass is 16.5. The summed E-state index contributed by atoms with van der Waals surface area (Å²) in [6.07, 6.45) is 19.4. The lowest BCUT2D eigenvalue weighted by atomic mass is 9.78. The van der Waals surface area contributed by atoms with Gasteiger partial charge < -0.3 is 9.47 Å². The number of benzene rings is 1. The molecule has 180 valence electrons. The van der Waals surface area contributed by atoms with E-state index in [4.69, 9.17) is 9.47 Å². The van der Waals surface area contributed by atoms with Crippen molar-refractivity contribution >= 4 is 5.97 Å². The van der Waals surface area contributed by atoms with E-state index in [0.717, 1.165) is 49.4 Å². The first-order chi connectivity index (χ1) is 15.7. The molecule has 0 aliphatic heterocycles. The fourth-order valence-electron chi connectivity index (χ4n) is 5.62. The summed E-state index contributed by atoms with van der Waals surface area (Å²) in [6, 6.07) is 7.50. The molecular formula is C29H46O3. The molecule has 2 aliphatic rings. The summed E-state index contributed by atoms with van der Waals surface area (Å²) >= 11 is 0. The number of esters is 1. The van der Waals surface area contributed by atoms with Gasteiger partial charge in [-0.05, 0) is 80.5 Å². The fraction of sp³-hybridized carbons (Fsp3) is 0.759. The minimum Gasteiger partial charge on any atom is -0.494 e. The summed E-state index contributed by atoms with van der Waals surface area (Å²) in [7, 11) is 0. The van der Waals surface area contributed by atoms with Crippen molar-refractivity contribution in [2.24, 2.45) is 17.8 Å². The van der Waals surface area contributed by atoms with Gasteiger partial charge in [-0.1, -0.05) is 71.6 Å². The number of ether oxygens (including phenoxy) is 2. The molecular weight excluding hydrogens is 396 g/mol. The van der Waals surface area contributed by atoms with E-state index in [2.05, 4.69) is 13.8 Å². The minimum absolute atomic E-state index is 0.0904. The van der Waals surface area contributed by atoms with Gasteiger partial charge in [-0.25, -0.2) is 4.79 Å². The zero-order chi connectivity index (χ0) is 22.6. The van der Waals surface area contributed by atoms with Crippen LogP contribution in [0.25, 0.3) is 0 Å². The van der Waals surface area contributed by atoms with Crippen molar-refractivity contribution in [2.75, 3.05) is 6.61 Å². The van der Waals surface area contributed by atoms with E-state index in [-0.39, 0.29) is 12.1 Å². The summed E-state index contributed by atoms with van der Waals surface area (Å²) in [5, 5.41) is 0. The summed E-state index contributed by atoms with van der Waals surface area (Å²) in [4.78, 5) is 12.4. The average molecular weight is 443 g/mol. The maximum absolute atomic E-state index is 12.4. The first kappa shape index (κ1) is 25.1. The van der Waals surface area contributed by atoms with Crippen LogP contribution in [0.5, 0.6) is 5.75 Å². The van der Waals surface area contributed by atoms with Crippen molar-refractivity contribution in [3.05, 3.63) is 29.8 Å². The molecule has 0 bridgehead atoms. The molecule has 2 aliphatic carbocycles. The highest BCUT2D eigenvalue weighted by Crippen LogP contribution is 2.34. The second-order valence-corrected chi connectivity index (χ2v) is 10.4. The Labute approximate surface area is 196 Å². The van der Waals surface area contributed by atoms with E-state index in [1.807, 2.05) is 24.3 Å². The van der Waals surface area contributed by atoms with Gasteiger partial charge in [0.15, 0.2) is 0 Å². The Morgan fingerprint density at radius 1 is 0.781 bits per heavy atom. The molecule has 0 atom stereocenters. The number of unbranched alkanes of at least 4 members (excludes halogenated alkanes) is 2. The first-order valence-corrected chi connectivity index (χ1v) is 13.6. The largest absolute Gasteiger partial charge is 0.494 e. The van der Waals surface area contributed by atoms with Crippen LogP contribution in [0.15, 0.2) is 24.3 Å². The third-order valence-corrected chi connectivity index (χ3v) is 7.94. The van der Waals surface area contributed by atoms with Gasteiger partial charge in [0.2, 0.25) is 0 Å². The molecule has 0 saturated heterocycles. The number of carbonyl (C=O) groups is 1. The molecule has 3 rings (SSSR count). The molecule has 32 heavy (non-hydrogen) atoms. The lowest BCUT2D eigenvalue weighted by molar-refractivity contribution is 0.0164. The Hall–Kier alpha value is -1.51. The molecule has 0 amide bonds. The van der Waals surface area contributed by atoms with Crippen LogP contribution < -0.4 is 4.74 Å². The van der Waals surface area contributed by atoms with Gasteiger partial charge in [0.05, 0.1) is 12.2 Å². The minimum atomic E-state index is -0.193. The topological polar surface area (TPSA) is 35.5 Å². The summed E-state index contributed by atoms with van der Waals surface area (Å²) in [5.74, 6) is 3.36. The van der Waals surface area contributed by atoms with Crippen LogP contribution in [0, 0.1) is 17.8 Å². The van der Waals surface area contributed by atoms with E-state index >= 15 is 0 Å². The molecule has 0 radical (unpaired) electrons. The van der Waals surface area contributed by atoms with Crippen LogP contribution in [-0.4, -0.2) is 18.7 Å². The highest BCUT2D eigenvalue weighted by molar-refractivity contribution is 5.89. The van der Waals surface area contributed by atoms with Gasteiger partial charge in [0.1, 0.15) is 11.9 Å². The van der Waals surface area contributed by atoms with E-state index in [9.17, 15) is 4.79 Å². The van der Waals surface area contributed by atoms with Gasteiger partial charge in [0.25, 0.3) is 0 Å². The maximum Gasteiger partial charge on any atom is 0.338 e.